The summed E-state index contributed by atoms with van der Waals surface area (Å²) in [4.78, 5) is 10.8. The van der Waals surface area contributed by atoms with Gasteiger partial charge in [-0.15, -0.1) is 0 Å². The van der Waals surface area contributed by atoms with Crippen LogP contribution in [0.2, 0.25) is 0 Å². The van der Waals surface area contributed by atoms with E-state index in [1.807, 2.05) is 13.8 Å². The first-order valence-corrected chi connectivity index (χ1v) is 4.63. The summed E-state index contributed by atoms with van der Waals surface area (Å²) in [6.45, 7) is 4.75. The molecule has 0 spiro atoms. The van der Waals surface area contributed by atoms with Gasteiger partial charge >= 0.3 is 0 Å². The number of aliphatic hydroxyl groups excluding tert-OH is 1. The van der Waals surface area contributed by atoms with Gasteiger partial charge in [0.25, 0.3) is 0 Å². The molecule has 0 unspecified atom stereocenters. The molecule has 0 radical (unpaired) electrons. The van der Waals surface area contributed by atoms with Crippen LogP contribution in [0.3, 0.4) is 0 Å². The Balaban J connectivity index is 3.67. The Hall–Kier alpha value is -0.220. The van der Waals surface area contributed by atoms with Crippen molar-refractivity contribution in [1.82, 2.24) is 5.32 Å². The van der Waals surface area contributed by atoms with Crippen LogP contribution in [0, 0.1) is 5.41 Å². The summed E-state index contributed by atoms with van der Waals surface area (Å²) in [6, 6.07) is 0. The first-order chi connectivity index (χ1) is 5.52. The second-order valence-electron chi connectivity index (χ2n) is 3.57. The normalized spacial score (nSPS) is 11.3. The Morgan fingerprint density at radius 3 is 2.58 bits per heavy atom. The maximum atomic E-state index is 10.8. The van der Waals surface area contributed by atoms with Gasteiger partial charge in [0.2, 0.25) is 5.91 Å². The van der Waals surface area contributed by atoms with Crippen LogP contribution in [0.1, 0.15) is 20.3 Å². The zero-order chi connectivity index (χ0) is 9.61. The molecule has 0 rings (SSSR count). The van der Waals surface area contributed by atoms with E-state index in [4.69, 9.17) is 5.11 Å². The highest BCUT2D eigenvalue weighted by Gasteiger charge is 2.17. The van der Waals surface area contributed by atoms with E-state index < -0.39 is 0 Å². The lowest BCUT2D eigenvalue weighted by atomic mass is 9.90. The summed E-state index contributed by atoms with van der Waals surface area (Å²) in [6.07, 6.45) is 0.694. The van der Waals surface area contributed by atoms with Crippen molar-refractivity contribution in [3.8, 4) is 0 Å². The van der Waals surface area contributed by atoms with Crippen LogP contribution in [0.15, 0.2) is 0 Å². The highest BCUT2D eigenvalue weighted by atomic mass is 32.1. The Kier molecular flexibility index (Phi) is 5.33. The van der Waals surface area contributed by atoms with Crippen LogP contribution < -0.4 is 5.32 Å². The van der Waals surface area contributed by atoms with Gasteiger partial charge in [0, 0.05) is 13.2 Å². The molecule has 0 saturated carbocycles. The summed E-state index contributed by atoms with van der Waals surface area (Å²) in [5, 5.41) is 11.4. The van der Waals surface area contributed by atoms with Gasteiger partial charge in [-0.2, -0.15) is 12.6 Å². The van der Waals surface area contributed by atoms with Crippen LogP contribution in [-0.4, -0.2) is 29.9 Å². The largest absolute Gasteiger partial charge is 0.396 e. The summed E-state index contributed by atoms with van der Waals surface area (Å²) in [7, 11) is 0. The third-order valence-corrected chi connectivity index (χ3v) is 1.98. The summed E-state index contributed by atoms with van der Waals surface area (Å²) < 4.78 is 0. The van der Waals surface area contributed by atoms with Gasteiger partial charge in [0.1, 0.15) is 0 Å². The average molecular weight is 191 g/mol. The van der Waals surface area contributed by atoms with Crippen molar-refractivity contribution in [2.45, 2.75) is 20.3 Å². The van der Waals surface area contributed by atoms with E-state index in [0.717, 1.165) is 0 Å². The van der Waals surface area contributed by atoms with Crippen molar-refractivity contribution in [3.63, 3.8) is 0 Å². The monoisotopic (exact) mass is 191 g/mol. The third kappa shape index (κ3) is 5.43. The molecule has 0 aromatic rings. The molecule has 72 valence electrons. The second-order valence-corrected chi connectivity index (χ2v) is 3.89. The minimum Gasteiger partial charge on any atom is -0.396 e. The number of thiol groups is 1. The molecule has 0 aromatic carbocycles. The van der Waals surface area contributed by atoms with Gasteiger partial charge < -0.3 is 10.4 Å². The molecule has 4 heteroatoms. The molecule has 0 atom stereocenters. The fourth-order valence-corrected chi connectivity index (χ4v) is 0.897. The fraction of sp³-hybridized carbons (Fsp3) is 0.875. The Morgan fingerprint density at radius 2 is 2.17 bits per heavy atom. The van der Waals surface area contributed by atoms with Crippen molar-refractivity contribution >= 4 is 18.5 Å². The maximum absolute atomic E-state index is 10.8. The van der Waals surface area contributed by atoms with Crippen LogP contribution in [0.4, 0.5) is 0 Å². The summed E-state index contributed by atoms with van der Waals surface area (Å²) in [5.74, 6) is 0.152. The standard InChI is InChI=1S/C8H17NO2S/c1-8(2,3-4-10)6-9-7(11)5-12/h10,12H,3-6H2,1-2H3,(H,9,11). The number of carbonyl (C=O) groups excluding carboxylic acids is 1. The molecule has 2 N–H and O–H groups in total. The fourth-order valence-electron chi connectivity index (χ4n) is 0.785. The highest BCUT2D eigenvalue weighted by molar-refractivity contribution is 7.81. The van der Waals surface area contributed by atoms with E-state index in [2.05, 4.69) is 17.9 Å². The summed E-state index contributed by atoms with van der Waals surface area (Å²) >= 11 is 3.84. The van der Waals surface area contributed by atoms with Gasteiger partial charge in [-0.3, -0.25) is 4.79 Å². The Bertz CT molecular complexity index is 148. The highest BCUT2D eigenvalue weighted by Crippen LogP contribution is 2.17. The van der Waals surface area contributed by atoms with Crippen LogP contribution in [0.5, 0.6) is 0 Å². The van der Waals surface area contributed by atoms with E-state index in [1.54, 1.807) is 0 Å². The number of hydrogen-bond donors (Lipinski definition) is 3. The molecule has 1 amide bonds. The van der Waals surface area contributed by atoms with Crippen molar-refractivity contribution in [2.75, 3.05) is 18.9 Å². The van der Waals surface area contributed by atoms with Crippen LogP contribution in [0.25, 0.3) is 0 Å². The van der Waals surface area contributed by atoms with E-state index in [0.29, 0.717) is 13.0 Å². The number of aliphatic hydroxyl groups is 1. The van der Waals surface area contributed by atoms with Gasteiger partial charge in [0.15, 0.2) is 0 Å². The third-order valence-electron chi connectivity index (χ3n) is 1.70. The van der Waals surface area contributed by atoms with Crippen LogP contribution in [-0.2, 0) is 4.79 Å². The zero-order valence-electron chi connectivity index (χ0n) is 7.63. The molecular formula is C8H17NO2S. The maximum Gasteiger partial charge on any atom is 0.229 e. The molecule has 0 saturated heterocycles. The van der Waals surface area contributed by atoms with E-state index >= 15 is 0 Å². The number of carbonyl (C=O) groups is 1. The van der Waals surface area contributed by atoms with E-state index in [1.165, 1.54) is 0 Å². The SMILES string of the molecule is CC(C)(CCO)CNC(=O)CS. The minimum absolute atomic E-state index is 0.0344. The lowest BCUT2D eigenvalue weighted by Crippen LogP contribution is -2.35. The average Bonchev–Trinajstić information content (AvgIpc) is 2.00. The lowest BCUT2D eigenvalue weighted by Gasteiger charge is -2.23. The Morgan fingerprint density at radius 1 is 1.58 bits per heavy atom. The van der Waals surface area contributed by atoms with Crippen molar-refractivity contribution < 1.29 is 9.90 Å². The first-order valence-electron chi connectivity index (χ1n) is 4.00. The molecule has 0 aliphatic rings. The molecule has 0 bridgehead atoms. The minimum atomic E-state index is -0.0654. The van der Waals surface area contributed by atoms with Crippen LogP contribution >= 0.6 is 12.6 Å². The predicted octanol–water partition coefficient (Wildman–Crippen LogP) is 0.441. The molecule has 12 heavy (non-hydrogen) atoms. The van der Waals surface area contributed by atoms with Crippen molar-refractivity contribution in [3.05, 3.63) is 0 Å². The predicted molar refractivity (Wildman–Crippen MR) is 52.3 cm³/mol. The topological polar surface area (TPSA) is 49.3 Å². The molecular weight excluding hydrogens is 174 g/mol. The zero-order valence-corrected chi connectivity index (χ0v) is 8.53. The lowest BCUT2D eigenvalue weighted by molar-refractivity contribution is -0.119. The van der Waals surface area contributed by atoms with E-state index in [-0.39, 0.29) is 23.7 Å². The molecule has 0 fully saturated rings. The molecule has 0 aliphatic heterocycles. The molecule has 0 heterocycles. The van der Waals surface area contributed by atoms with Gasteiger partial charge in [0.05, 0.1) is 5.75 Å². The first kappa shape index (κ1) is 11.8. The quantitative estimate of drug-likeness (QED) is 0.552. The Labute approximate surface area is 79.0 Å². The van der Waals surface area contributed by atoms with Gasteiger partial charge in [-0.05, 0) is 11.8 Å². The molecule has 3 nitrogen and oxygen atoms in total. The summed E-state index contributed by atoms with van der Waals surface area (Å²) in [5.41, 5.74) is -0.0344. The van der Waals surface area contributed by atoms with Gasteiger partial charge in [-0.25, -0.2) is 0 Å². The van der Waals surface area contributed by atoms with Crippen molar-refractivity contribution in [2.24, 2.45) is 5.41 Å². The smallest absolute Gasteiger partial charge is 0.229 e. The van der Waals surface area contributed by atoms with Gasteiger partial charge in [-0.1, -0.05) is 13.8 Å². The molecule has 0 aliphatic carbocycles. The number of rotatable bonds is 5. The second kappa shape index (κ2) is 5.43. The van der Waals surface area contributed by atoms with E-state index in [9.17, 15) is 4.79 Å². The number of hydrogen-bond acceptors (Lipinski definition) is 3. The number of amides is 1. The molecule has 0 aromatic heterocycles. The van der Waals surface area contributed by atoms with Crippen molar-refractivity contribution in [1.29, 1.82) is 0 Å². The number of nitrogens with one attached hydrogen (secondary N) is 1.